The number of ether oxygens (including phenoxy) is 2. The number of rotatable bonds is 9. The van der Waals surface area contributed by atoms with E-state index in [2.05, 4.69) is 10.1 Å². The molecular formula is C19H26F2N4O5. The number of morpholine rings is 1. The highest BCUT2D eigenvalue weighted by Gasteiger charge is 2.30. The van der Waals surface area contributed by atoms with Gasteiger partial charge in [0.15, 0.2) is 11.8 Å². The fourth-order valence-corrected chi connectivity index (χ4v) is 3.22. The van der Waals surface area contributed by atoms with Gasteiger partial charge in [-0.05, 0) is 25.1 Å². The lowest BCUT2D eigenvalue weighted by Gasteiger charge is -2.29. The predicted molar refractivity (Wildman–Crippen MR) is 105 cm³/mol. The van der Waals surface area contributed by atoms with Crippen LogP contribution >= 0.6 is 0 Å². The van der Waals surface area contributed by atoms with Crippen molar-refractivity contribution in [3.05, 3.63) is 18.2 Å². The lowest BCUT2D eigenvalue weighted by Crippen LogP contribution is -2.51. The van der Waals surface area contributed by atoms with Gasteiger partial charge in [0.25, 0.3) is 11.8 Å². The average Bonchev–Trinajstić information content (AvgIpc) is 2.61. The number of amides is 3. The van der Waals surface area contributed by atoms with Crippen LogP contribution in [0.15, 0.2) is 18.2 Å². The number of nitrogens with zero attached hydrogens (tertiary/aromatic N) is 2. The van der Waals surface area contributed by atoms with Gasteiger partial charge in [-0.1, -0.05) is 13.8 Å². The second-order valence-corrected chi connectivity index (χ2v) is 7.29. The summed E-state index contributed by atoms with van der Waals surface area (Å²) in [6, 6.07) is 2.73. The minimum atomic E-state index is -3.14. The number of anilines is 2. The largest absolute Gasteiger partial charge is 0.433 e. The molecule has 0 bridgehead atoms. The van der Waals surface area contributed by atoms with Gasteiger partial charge in [0, 0.05) is 24.8 Å². The number of likely N-dealkylation sites (N-methyl/N-ethyl adjacent to an activating group) is 1. The minimum absolute atomic E-state index is 0.115. The van der Waals surface area contributed by atoms with Gasteiger partial charge in [-0.2, -0.15) is 8.78 Å². The van der Waals surface area contributed by atoms with Gasteiger partial charge in [-0.25, -0.2) is 0 Å². The van der Waals surface area contributed by atoms with Crippen LogP contribution in [0.25, 0.3) is 0 Å². The van der Waals surface area contributed by atoms with Crippen LogP contribution in [0, 0.1) is 5.92 Å². The Bertz CT molecular complexity index is 790. The summed E-state index contributed by atoms with van der Waals surface area (Å²) in [6.07, 6.45) is 0. The Hall–Kier alpha value is -2.79. The Balaban J connectivity index is 2.27. The molecule has 1 fully saturated rings. The third-order valence-corrected chi connectivity index (χ3v) is 4.33. The van der Waals surface area contributed by atoms with E-state index in [1.54, 1.807) is 7.05 Å². The summed E-state index contributed by atoms with van der Waals surface area (Å²) in [4.78, 5) is 39.3. The molecule has 3 N–H and O–H groups in total. The highest BCUT2D eigenvalue weighted by molar-refractivity contribution is 6.09. The Morgan fingerprint density at radius 3 is 2.63 bits per heavy atom. The van der Waals surface area contributed by atoms with Crippen molar-refractivity contribution in [3.63, 3.8) is 0 Å². The van der Waals surface area contributed by atoms with Crippen LogP contribution in [0.3, 0.4) is 0 Å². The van der Waals surface area contributed by atoms with E-state index in [-0.39, 0.29) is 42.8 Å². The molecule has 3 amide bonds. The van der Waals surface area contributed by atoms with E-state index in [0.29, 0.717) is 6.54 Å². The first-order chi connectivity index (χ1) is 14.1. The topological polar surface area (TPSA) is 114 Å². The molecule has 0 unspecified atom stereocenters. The summed E-state index contributed by atoms with van der Waals surface area (Å²) in [5, 5.41) is 2.50. The molecule has 1 atom stereocenters. The quantitative estimate of drug-likeness (QED) is 0.568. The zero-order valence-electron chi connectivity index (χ0n) is 17.1. The highest BCUT2D eigenvalue weighted by atomic mass is 19.3. The summed E-state index contributed by atoms with van der Waals surface area (Å²) in [7, 11) is 1.59. The van der Waals surface area contributed by atoms with E-state index in [1.807, 2.05) is 13.8 Å². The lowest BCUT2D eigenvalue weighted by molar-refractivity contribution is -0.132. The number of alkyl halides is 2. The third kappa shape index (κ3) is 6.10. The Morgan fingerprint density at radius 2 is 2.07 bits per heavy atom. The molecule has 0 saturated carbocycles. The first-order valence-corrected chi connectivity index (χ1v) is 9.37. The normalized spacial score (nSPS) is 15.6. The van der Waals surface area contributed by atoms with Crippen molar-refractivity contribution >= 4 is 29.1 Å². The van der Waals surface area contributed by atoms with E-state index in [0.717, 1.165) is 0 Å². The standard InChI is InChI=1S/C19H26F2N4O5/c1-11(2)9-24(3)16(17(22)27)18(28)23-12-4-5-13(14(8-12)30-19(20)21)25-6-7-29-10-15(25)26/h4-5,8,11,16,19H,6-7,9-10H2,1-3H3,(H2,22,27)(H,23,28)/t16-/m1/s1. The van der Waals surface area contributed by atoms with Crippen LogP contribution < -0.4 is 20.7 Å². The van der Waals surface area contributed by atoms with Gasteiger partial charge < -0.3 is 25.4 Å². The molecule has 30 heavy (non-hydrogen) atoms. The summed E-state index contributed by atoms with van der Waals surface area (Å²) in [5.41, 5.74) is 5.62. The van der Waals surface area contributed by atoms with Crippen molar-refractivity contribution in [3.8, 4) is 5.75 Å². The molecule has 1 aliphatic rings. The van der Waals surface area contributed by atoms with Gasteiger partial charge in [0.2, 0.25) is 5.91 Å². The second kappa shape index (κ2) is 10.3. The minimum Gasteiger partial charge on any atom is -0.433 e. The van der Waals surface area contributed by atoms with Crippen LogP contribution in [0.4, 0.5) is 20.2 Å². The molecule has 0 aliphatic carbocycles. The van der Waals surface area contributed by atoms with Gasteiger partial charge in [-0.15, -0.1) is 0 Å². The number of primary amides is 1. The van der Waals surface area contributed by atoms with Gasteiger partial charge in [0.05, 0.1) is 12.3 Å². The number of nitrogens with two attached hydrogens (primary N) is 1. The maximum absolute atomic E-state index is 12.9. The first kappa shape index (κ1) is 23.5. The molecule has 0 aromatic heterocycles. The molecule has 1 aromatic rings. The first-order valence-electron chi connectivity index (χ1n) is 9.37. The molecule has 9 nitrogen and oxygen atoms in total. The molecule has 1 saturated heterocycles. The van der Waals surface area contributed by atoms with Crippen LogP contribution in [0.2, 0.25) is 0 Å². The fraction of sp³-hybridized carbons (Fsp3) is 0.526. The predicted octanol–water partition coefficient (Wildman–Crippen LogP) is 1.03. The number of carbonyl (C=O) groups is 3. The Morgan fingerprint density at radius 1 is 1.37 bits per heavy atom. The summed E-state index contributed by atoms with van der Waals surface area (Å²) in [5.74, 6) is -2.05. The molecule has 0 spiro atoms. The fourth-order valence-electron chi connectivity index (χ4n) is 3.22. The van der Waals surface area contributed by atoms with Crippen molar-refractivity contribution < 1.29 is 32.6 Å². The SMILES string of the molecule is CC(C)CN(C)[C@H](C(N)=O)C(=O)Nc1ccc(N2CCOCC2=O)c(OC(F)F)c1. The summed E-state index contributed by atoms with van der Waals surface area (Å²) < 4.78 is 35.4. The van der Waals surface area contributed by atoms with E-state index in [4.69, 9.17) is 10.5 Å². The molecule has 166 valence electrons. The van der Waals surface area contributed by atoms with E-state index >= 15 is 0 Å². The maximum Gasteiger partial charge on any atom is 0.387 e. The zero-order valence-corrected chi connectivity index (χ0v) is 17.1. The number of halogens is 2. The third-order valence-electron chi connectivity index (χ3n) is 4.33. The second-order valence-electron chi connectivity index (χ2n) is 7.29. The zero-order chi connectivity index (χ0) is 22.4. The molecular weight excluding hydrogens is 402 g/mol. The monoisotopic (exact) mass is 428 g/mol. The smallest absolute Gasteiger partial charge is 0.387 e. The lowest BCUT2D eigenvalue weighted by atomic mass is 10.1. The molecule has 2 rings (SSSR count). The molecule has 1 aromatic carbocycles. The van der Waals surface area contributed by atoms with Crippen molar-refractivity contribution in [2.24, 2.45) is 11.7 Å². The van der Waals surface area contributed by atoms with Gasteiger partial charge in [-0.3, -0.25) is 19.3 Å². The van der Waals surface area contributed by atoms with Crippen molar-refractivity contribution in [2.45, 2.75) is 26.5 Å². The number of hydrogen-bond acceptors (Lipinski definition) is 6. The molecule has 1 aliphatic heterocycles. The van der Waals surface area contributed by atoms with Crippen molar-refractivity contribution in [1.29, 1.82) is 0 Å². The van der Waals surface area contributed by atoms with E-state index < -0.39 is 30.4 Å². The average molecular weight is 428 g/mol. The van der Waals surface area contributed by atoms with Gasteiger partial charge >= 0.3 is 6.61 Å². The van der Waals surface area contributed by atoms with E-state index in [1.165, 1.54) is 28.0 Å². The van der Waals surface area contributed by atoms with Crippen LogP contribution in [-0.2, 0) is 19.1 Å². The van der Waals surface area contributed by atoms with Crippen LogP contribution in [0.5, 0.6) is 5.75 Å². The molecule has 1 heterocycles. The Kier molecular flexibility index (Phi) is 8.07. The van der Waals surface area contributed by atoms with Crippen LogP contribution in [0.1, 0.15) is 13.8 Å². The van der Waals surface area contributed by atoms with Crippen molar-refractivity contribution in [1.82, 2.24) is 4.90 Å². The van der Waals surface area contributed by atoms with Crippen LogP contribution in [-0.4, -0.2) is 68.6 Å². The molecule has 11 heteroatoms. The number of nitrogens with one attached hydrogen (secondary N) is 1. The van der Waals surface area contributed by atoms with Crippen molar-refractivity contribution in [2.75, 3.05) is 43.6 Å². The molecule has 0 radical (unpaired) electrons. The number of hydrogen-bond donors (Lipinski definition) is 2. The highest BCUT2D eigenvalue weighted by Crippen LogP contribution is 2.33. The summed E-state index contributed by atoms with van der Waals surface area (Å²) in [6.45, 7) is 1.40. The number of benzene rings is 1. The van der Waals surface area contributed by atoms with E-state index in [9.17, 15) is 23.2 Å². The Labute approximate surface area is 173 Å². The number of carbonyl (C=O) groups excluding carboxylic acids is 3. The summed E-state index contributed by atoms with van der Waals surface area (Å²) >= 11 is 0. The maximum atomic E-state index is 12.9. The van der Waals surface area contributed by atoms with Gasteiger partial charge in [0.1, 0.15) is 6.61 Å².